The number of nitro groups is 1. The number of nitro benzene ring substituents is 1. The summed E-state index contributed by atoms with van der Waals surface area (Å²) >= 11 is 0. The molecule has 6 heteroatoms. The maximum atomic E-state index is 11.0. The van der Waals surface area contributed by atoms with Crippen LogP contribution in [0.2, 0.25) is 0 Å². The number of benzene rings is 1. The van der Waals surface area contributed by atoms with Crippen LogP contribution >= 0.6 is 0 Å². The summed E-state index contributed by atoms with van der Waals surface area (Å²) < 4.78 is 5.66. The second kappa shape index (κ2) is 5.79. The van der Waals surface area contributed by atoms with Crippen molar-refractivity contribution in [3.8, 4) is 0 Å². The van der Waals surface area contributed by atoms with Gasteiger partial charge in [0.25, 0.3) is 5.69 Å². The lowest BCUT2D eigenvalue weighted by molar-refractivity contribution is -0.384. The Bertz CT molecular complexity index is 472. The van der Waals surface area contributed by atoms with E-state index in [0.717, 1.165) is 12.0 Å². The first kappa shape index (κ1) is 13.5. The molecule has 6 nitrogen and oxygen atoms in total. The number of hydrogen-bond acceptors (Lipinski definition) is 4. The van der Waals surface area contributed by atoms with Crippen LogP contribution in [0.4, 0.5) is 5.69 Å². The van der Waals surface area contributed by atoms with Crippen LogP contribution in [-0.4, -0.2) is 23.5 Å². The van der Waals surface area contributed by atoms with Crippen molar-refractivity contribution < 1.29 is 14.5 Å². The molecular weight excluding hydrogens is 248 g/mol. The van der Waals surface area contributed by atoms with Crippen molar-refractivity contribution >= 4 is 11.6 Å². The molecule has 1 aromatic rings. The zero-order valence-corrected chi connectivity index (χ0v) is 10.7. The van der Waals surface area contributed by atoms with Crippen LogP contribution in [0.15, 0.2) is 24.3 Å². The van der Waals surface area contributed by atoms with Crippen LogP contribution in [0.25, 0.3) is 0 Å². The quantitative estimate of drug-likeness (QED) is 0.668. The molecular formula is C13H16N2O4. The van der Waals surface area contributed by atoms with Crippen molar-refractivity contribution in [2.75, 3.05) is 6.61 Å². The minimum Gasteiger partial charge on any atom is -0.373 e. The summed E-state index contributed by atoms with van der Waals surface area (Å²) in [6.45, 7) is 2.07. The molecule has 1 N–H and O–H groups in total. The van der Waals surface area contributed by atoms with Gasteiger partial charge >= 0.3 is 0 Å². The van der Waals surface area contributed by atoms with E-state index in [1.54, 1.807) is 12.1 Å². The molecule has 0 aromatic heterocycles. The van der Waals surface area contributed by atoms with Gasteiger partial charge in [0, 0.05) is 31.7 Å². The molecule has 0 bridgehead atoms. The van der Waals surface area contributed by atoms with E-state index in [0.29, 0.717) is 13.0 Å². The molecule has 1 aliphatic heterocycles. The topological polar surface area (TPSA) is 81.5 Å². The highest BCUT2D eigenvalue weighted by Crippen LogP contribution is 2.29. The van der Waals surface area contributed by atoms with Gasteiger partial charge in [-0.05, 0) is 30.5 Å². The SMILES string of the molecule is CC(=O)N[C@@H]1CCO[C@@H](c2ccc([N+](=O)[O-])cc2)C1. The number of rotatable bonds is 3. The van der Waals surface area contributed by atoms with Crippen LogP contribution in [0, 0.1) is 10.1 Å². The Morgan fingerprint density at radius 1 is 1.42 bits per heavy atom. The van der Waals surface area contributed by atoms with E-state index in [1.807, 2.05) is 0 Å². The molecule has 1 saturated heterocycles. The number of carbonyl (C=O) groups excluding carboxylic acids is 1. The molecule has 19 heavy (non-hydrogen) atoms. The number of nitrogens with zero attached hydrogens (tertiary/aromatic N) is 1. The fraction of sp³-hybridized carbons (Fsp3) is 0.462. The maximum absolute atomic E-state index is 11.0. The fourth-order valence-corrected chi connectivity index (χ4v) is 2.26. The Morgan fingerprint density at radius 3 is 2.68 bits per heavy atom. The van der Waals surface area contributed by atoms with Gasteiger partial charge in [0.05, 0.1) is 11.0 Å². The number of nitrogens with one attached hydrogen (secondary N) is 1. The highest BCUT2D eigenvalue weighted by atomic mass is 16.6. The third-order valence-electron chi connectivity index (χ3n) is 3.17. The van der Waals surface area contributed by atoms with Gasteiger partial charge in [-0.15, -0.1) is 0 Å². The Balaban J connectivity index is 2.04. The van der Waals surface area contributed by atoms with Crippen LogP contribution in [0.5, 0.6) is 0 Å². The van der Waals surface area contributed by atoms with Crippen LogP contribution in [-0.2, 0) is 9.53 Å². The number of carbonyl (C=O) groups is 1. The van der Waals surface area contributed by atoms with Gasteiger partial charge < -0.3 is 10.1 Å². The molecule has 0 aliphatic carbocycles. The molecule has 1 aliphatic rings. The van der Waals surface area contributed by atoms with Crippen molar-refractivity contribution in [3.05, 3.63) is 39.9 Å². The number of hydrogen-bond donors (Lipinski definition) is 1. The predicted molar refractivity (Wildman–Crippen MR) is 68.6 cm³/mol. The van der Waals surface area contributed by atoms with Crippen molar-refractivity contribution in [1.29, 1.82) is 0 Å². The van der Waals surface area contributed by atoms with Gasteiger partial charge in [0.15, 0.2) is 0 Å². The second-order valence-electron chi connectivity index (χ2n) is 4.63. The lowest BCUT2D eigenvalue weighted by Crippen LogP contribution is -2.38. The van der Waals surface area contributed by atoms with E-state index in [1.165, 1.54) is 19.1 Å². The Hall–Kier alpha value is -1.95. The summed E-state index contributed by atoms with van der Waals surface area (Å²) in [6, 6.07) is 6.46. The minimum atomic E-state index is -0.425. The van der Waals surface area contributed by atoms with Gasteiger partial charge in [0.1, 0.15) is 0 Å². The van der Waals surface area contributed by atoms with Crippen LogP contribution in [0.1, 0.15) is 31.4 Å². The highest BCUT2D eigenvalue weighted by Gasteiger charge is 2.24. The summed E-state index contributed by atoms with van der Waals surface area (Å²) in [5.41, 5.74) is 0.971. The van der Waals surface area contributed by atoms with Crippen LogP contribution in [0.3, 0.4) is 0 Å². The minimum absolute atomic E-state index is 0.0469. The molecule has 2 atom stereocenters. The van der Waals surface area contributed by atoms with Crippen molar-refractivity contribution in [2.24, 2.45) is 0 Å². The first-order valence-electron chi connectivity index (χ1n) is 6.19. The van der Waals surface area contributed by atoms with Gasteiger partial charge in [-0.25, -0.2) is 0 Å². The molecule has 2 rings (SSSR count). The van der Waals surface area contributed by atoms with Crippen molar-refractivity contribution in [2.45, 2.75) is 31.9 Å². The molecule has 102 valence electrons. The molecule has 0 saturated carbocycles. The van der Waals surface area contributed by atoms with Gasteiger partial charge in [-0.3, -0.25) is 14.9 Å². The zero-order valence-electron chi connectivity index (χ0n) is 10.7. The lowest BCUT2D eigenvalue weighted by atomic mass is 9.97. The summed E-state index contributed by atoms with van der Waals surface area (Å²) in [5.74, 6) is -0.0469. The normalized spacial score (nSPS) is 22.8. The molecule has 1 heterocycles. The molecule has 1 aromatic carbocycles. The summed E-state index contributed by atoms with van der Waals surface area (Å²) in [4.78, 5) is 21.2. The van der Waals surface area contributed by atoms with E-state index in [2.05, 4.69) is 5.32 Å². The summed E-state index contributed by atoms with van der Waals surface area (Å²) in [5, 5.41) is 13.5. The average molecular weight is 264 g/mol. The highest BCUT2D eigenvalue weighted by molar-refractivity contribution is 5.73. The van der Waals surface area contributed by atoms with Crippen LogP contribution < -0.4 is 5.32 Å². The smallest absolute Gasteiger partial charge is 0.269 e. The maximum Gasteiger partial charge on any atom is 0.269 e. The van der Waals surface area contributed by atoms with E-state index in [4.69, 9.17) is 4.74 Å². The molecule has 0 spiro atoms. The van der Waals surface area contributed by atoms with Gasteiger partial charge in [0.2, 0.25) is 5.91 Å². The summed E-state index contributed by atoms with van der Waals surface area (Å²) in [7, 11) is 0. The largest absolute Gasteiger partial charge is 0.373 e. The van der Waals surface area contributed by atoms with E-state index >= 15 is 0 Å². The molecule has 1 amide bonds. The molecule has 1 fully saturated rings. The third-order valence-corrected chi connectivity index (χ3v) is 3.17. The lowest BCUT2D eigenvalue weighted by Gasteiger charge is -2.30. The van der Waals surface area contributed by atoms with Gasteiger partial charge in [-0.2, -0.15) is 0 Å². The van der Waals surface area contributed by atoms with E-state index in [9.17, 15) is 14.9 Å². The zero-order chi connectivity index (χ0) is 13.8. The van der Waals surface area contributed by atoms with Crippen molar-refractivity contribution in [1.82, 2.24) is 5.32 Å². The third kappa shape index (κ3) is 3.51. The van der Waals surface area contributed by atoms with E-state index in [-0.39, 0.29) is 23.7 Å². The summed E-state index contributed by atoms with van der Waals surface area (Å²) in [6.07, 6.45) is 1.37. The average Bonchev–Trinajstić information content (AvgIpc) is 2.38. The number of non-ortho nitro benzene ring substituents is 1. The number of ether oxygens (including phenoxy) is 1. The molecule has 0 unspecified atom stereocenters. The monoisotopic (exact) mass is 264 g/mol. The molecule has 0 radical (unpaired) electrons. The fourth-order valence-electron chi connectivity index (χ4n) is 2.26. The van der Waals surface area contributed by atoms with Crippen molar-refractivity contribution in [3.63, 3.8) is 0 Å². The number of amides is 1. The first-order chi connectivity index (χ1) is 9.06. The Morgan fingerprint density at radius 2 is 2.11 bits per heavy atom. The first-order valence-corrected chi connectivity index (χ1v) is 6.19. The Labute approximate surface area is 110 Å². The second-order valence-corrected chi connectivity index (χ2v) is 4.63. The van der Waals surface area contributed by atoms with Gasteiger partial charge in [-0.1, -0.05) is 0 Å². The predicted octanol–water partition coefficient (Wildman–Crippen LogP) is 1.95. The Kier molecular flexibility index (Phi) is 4.11. The van der Waals surface area contributed by atoms with E-state index < -0.39 is 4.92 Å². The standard InChI is InChI=1S/C13H16N2O4/c1-9(16)14-11-6-7-19-13(8-11)10-2-4-12(5-3-10)15(17)18/h2-5,11,13H,6-8H2,1H3,(H,14,16)/t11-,13-/m1/s1.